The Balaban J connectivity index is 1.92. The minimum Gasteiger partial charge on any atom is -0.497 e. The molecule has 7 nitrogen and oxygen atoms in total. The van der Waals surface area contributed by atoms with Gasteiger partial charge < -0.3 is 19.2 Å². The summed E-state index contributed by atoms with van der Waals surface area (Å²) < 4.78 is 15.3. The van der Waals surface area contributed by atoms with Gasteiger partial charge in [0, 0.05) is 17.3 Å². The number of furan rings is 1. The molecule has 0 bridgehead atoms. The fourth-order valence-corrected chi connectivity index (χ4v) is 2.39. The first-order chi connectivity index (χ1) is 11.9. The van der Waals surface area contributed by atoms with Crippen LogP contribution in [0, 0.1) is 6.92 Å². The summed E-state index contributed by atoms with van der Waals surface area (Å²) in [4.78, 5) is 25.5. The van der Waals surface area contributed by atoms with E-state index in [1.165, 1.54) is 7.11 Å². The maximum absolute atomic E-state index is 12.1. The highest BCUT2D eigenvalue weighted by atomic mass is 16.5. The molecular formula is C18H22N2O5. The summed E-state index contributed by atoms with van der Waals surface area (Å²) >= 11 is 0. The highest BCUT2D eigenvalue weighted by molar-refractivity contribution is 5.92. The van der Waals surface area contributed by atoms with Gasteiger partial charge in [0.2, 0.25) is 11.7 Å². The van der Waals surface area contributed by atoms with Gasteiger partial charge in [0.25, 0.3) is 0 Å². The molecule has 0 saturated heterocycles. The van der Waals surface area contributed by atoms with Gasteiger partial charge in [-0.05, 0) is 32.2 Å². The molecule has 1 N–H and O–H groups in total. The molecule has 0 fully saturated rings. The number of amides is 1. The van der Waals surface area contributed by atoms with Crippen molar-refractivity contribution in [2.45, 2.75) is 13.5 Å². The number of benzene rings is 1. The second-order valence-corrected chi connectivity index (χ2v) is 5.67. The summed E-state index contributed by atoms with van der Waals surface area (Å²) in [7, 11) is 4.67. The van der Waals surface area contributed by atoms with Crippen LogP contribution in [0.15, 0.2) is 34.7 Å². The number of anilines is 1. The van der Waals surface area contributed by atoms with Crippen LogP contribution in [0.2, 0.25) is 0 Å². The van der Waals surface area contributed by atoms with E-state index in [1.54, 1.807) is 56.3 Å². The minimum atomic E-state index is -0.512. The van der Waals surface area contributed by atoms with E-state index in [9.17, 15) is 9.59 Å². The number of aryl methyl sites for hydroxylation is 1. The topological polar surface area (TPSA) is 81.0 Å². The summed E-state index contributed by atoms with van der Waals surface area (Å²) in [5.74, 6) is 0.781. The van der Waals surface area contributed by atoms with Gasteiger partial charge in [-0.15, -0.1) is 0 Å². The monoisotopic (exact) mass is 346 g/mol. The van der Waals surface area contributed by atoms with Gasteiger partial charge in [0.05, 0.1) is 27.3 Å². The summed E-state index contributed by atoms with van der Waals surface area (Å²) in [6.07, 6.45) is 0. The molecule has 0 unspecified atom stereocenters. The Hall–Kier alpha value is -2.80. The predicted molar refractivity (Wildman–Crippen MR) is 92.7 cm³/mol. The smallest absolute Gasteiger partial charge is 0.374 e. The van der Waals surface area contributed by atoms with Crippen molar-refractivity contribution in [1.82, 2.24) is 4.90 Å². The largest absolute Gasteiger partial charge is 0.497 e. The van der Waals surface area contributed by atoms with Gasteiger partial charge in [-0.2, -0.15) is 0 Å². The molecule has 1 aromatic carbocycles. The van der Waals surface area contributed by atoms with Gasteiger partial charge in [0.1, 0.15) is 11.5 Å². The molecule has 134 valence electrons. The molecule has 1 aromatic heterocycles. The van der Waals surface area contributed by atoms with Crippen LogP contribution in [-0.4, -0.2) is 44.6 Å². The van der Waals surface area contributed by atoms with Crippen LogP contribution in [-0.2, 0) is 16.1 Å². The molecule has 1 amide bonds. The van der Waals surface area contributed by atoms with Crippen molar-refractivity contribution in [3.63, 3.8) is 0 Å². The molecule has 0 radical (unpaired) electrons. The Kier molecular flexibility index (Phi) is 6.19. The van der Waals surface area contributed by atoms with E-state index in [1.807, 2.05) is 0 Å². The van der Waals surface area contributed by atoms with Crippen LogP contribution in [0.25, 0.3) is 0 Å². The minimum absolute atomic E-state index is 0.160. The number of rotatable bonds is 7. The van der Waals surface area contributed by atoms with Crippen LogP contribution in [0.5, 0.6) is 5.75 Å². The van der Waals surface area contributed by atoms with E-state index in [0.717, 1.165) is 0 Å². The van der Waals surface area contributed by atoms with Crippen molar-refractivity contribution in [2.75, 3.05) is 33.1 Å². The second kappa shape index (κ2) is 8.34. The Labute approximate surface area is 146 Å². The molecule has 7 heteroatoms. The van der Waals surface area contributed by atoms with Crippen molar-refractivity contribution < 1.29 is 23.5 Å². The first-order valence-corrected chi connectivity index (χ1v) is 7.73. The van der Waals surface area contributed by atoms with Crippen molar-refractivity contribution in [3.05, 3.63) is 47.4 Å². The van der Waals surface area contributed by atoms with Gasteiger partial charge in [-0.1, -0.05) is 6.07 Å². The Morgan fingerprint density at radius 1 is 1.24 bits per heavy atom. The molecule has 0 saturated carbocycles. The van der Waals surface area contributed by atoms with Crippen LogP contribution >= 0.6 is 0 Å². The zero-order chi connectivity index (χ0) is 18.4. The lowest BCUT2D eigenvalue weighted by atomic mass is 10.2. The Morgan fingerprint density at radius 2 is 2.00 bits per heavy atom. The third-order valence-corrected chi connectivity index (χ3v) is 3.53. The molecule has 0 atom stereocenters. The van der Waals surface area contributed by atoms with E-state index >= 15 is 0 Å². The SMILES string of the molecule is COC(=O)c1oc(CN(C)CC(=O)Nc2cccc(OC)c2)cc1C. The zero-order valence-corrected chi connectivity index (χ0v) is 14.8. The van der Waals surface area contributed by atoms with Crippen LogP contribution in [0.3, 0.4) is 0 Å². The number of esters is 1. The summed E-state index contributed by atoms with van der Waals surface area (Å²) in [5.41, 5.74) is 1.37. The van der Waals surface area contributed by atoms with Crippen LogP contribution in [0.4, 0.5) is 5.69 Å². The normalized spacial score (nSPS) is 10.6. The lowest BCUT2D eigenvalue weighted by Gasteiger charge is -2.15. The Bertz CT molecular complexity index is 754. The predicted octanol–water partition coefficient (Wildman–Crippen LogP) is 2.45. The summed E-state index contributed by atoms with van der Waals surface area (Å²) in [6, 6.07) is 8.91. The van der Waals surface area contributed by atoms with Gasteiger partial charge in [-0.3, -0.25) is 9.69 Å². The number of carbonyl (C=O) groups is 2. The van der Waals surface area contributed by atoms with Crippen molar-refractivity contribution in [3.8, 4) is 5.75 Å². The van der Waals surface area contributed by atoms with Gasteiger partial charge in [-0.25, -0.2) is 4.79 Å². The molecule has 0 spiro atoms. The highest BCUT2D eigenvalue weighted by Gasteiger charge is 2.17. The lowest BCUT2D eigenvalue weighted by molar-refractivity contribution is -0.117. The molecule has 0 aliphatic rings. The second-order valence-electron chi connectivity index (χ2n) is 5.67. The van der Waals surface area contributed by atoms with Crippen molar-refractivity contribution in [1.29, 1.82) is 0 Å². The number of nitrogens with one attached hydrogen (secondary N) is 1. The quantitative estimate of drug-likeness (QED) is 0.776. The molecular weight excluding hydrogens is 324 g/mol. The van der Waals surface area contributed by atoms with E-state index in [0.29, 0.717) is 29.3 Å². The van der Waals surface area contributed by atoms with Crippen LogP contribution < -0.4 is 10.1 Å². The number of carbonyl (C=O) groups excluding carboxylic acids is 2. The summed E-state index contributed by atoms with van der Waals surface area (Å²) in [6.45, 7) is 2.34. The fourth-order valence-electron chi connectivity index (χ4n) is 2.39. The summed E-state index contributed by atoms with van der Waals surface area (Å²) in [5, 5.41) is 2.81. The standard InChI is InChI=1S/C18H22N2O5/c1-12-8-15(25-17(12)18(22)24-4)10-20(2)11-16(21)19-13-6-5-7-14(9-13)23-3/h5-9H,10-11H2,1-4H3,(H,19,21). The molecule has 2 aromatic rings. The average Bonchev–Trinajstić information content (AvgIpc) is 2.94. The highest BCUT2D eigenvalue weighted by Crippen LogP contribution is 2.18. The van der Waals surface area contributed by atoms with E-state index in [4.69, 9.17) is 9.15 Å². The van der Waals surface area contributed by atoms with Gasteiger partial charge >= 0.3 is 5.97 Å². The molecule has 2 rings (SSSR count). The average molecular weight is 346 g/mol. The number of hydrogen-bond donors (Lipinski definition) is 1. The third-order valence-electron chi connectivity index (χ3n) is 3.53. The Morgan fingerprint density at radius 3 is 2.68 bits per heavy atom. The zero-order valence-electron chi connectivity index (χ0n) is 14.8. The lowest BCUT2D eigenvalue weighted by Crippen LogP contribution is -2.29. The molecule has 25 heavy (non-hydrogen) atoms. The fraction of sp³-hybridized carbons (Fsp3) is 0.333. The van der Waals surface area contributed by atoms with Gasteiger partial charge in [0.15, 0.2) is 0 Å². The number of ether oxygens (including phenoxy) is 2. The molecule has 1 heterocycles. The molecule has 0 aliphatic carbocycles. The number of likely N-dealkylation sites (N-methyl/N-ethyl adjacent to an activating group) is 1. The van der Waals surface area contributed by atoms with E-state index < -0.39 is 5.97 Å². The molecule has 0 aliphatic heterocycles. The van der Waals surface area contributed by atoms with E-state index in [-0.39, 0.29) is 18.2 Å². The van der Waals surface area contributed by atoms with Crippen molar-refractivity contribution in [2.24, 2.45) is 0 Å². The van der Waals surface area contributed by atoms with E-state index in [2.05, 4.69) is 10.1 Å². The number of nitrogens with zero attached hydrogens (tertiary/aromatic N) is 1. The third kappa shape index (κ3) is 5.09. The van der Waals surface area contributed by atoms with Crippen LogP contribution in [0.1, 0.15) is 21.9 Å². The maximum Gasteiger partial charge on any atom is 0.374 e. The first kappa shape index (κ1) is 18.5. The number of methoxy groups -OCH3 is 2. The maximum atomic E-state index is 12.1. The number of hydrogen-bond acceptors (Lipinski definition) is 6. The first-order valence-electron chi connectivity index (χ1n) is 7.73. The van der Waals surface area contributed by atoms with Crippen molar-refractivity contribution >= 4 is 17.6 Å².